The van der Waals surface area contributed by atoms with Gasteiger partial charge in [-0.15, -0.1) is 10.2 Å². The number of piperidine rings is 1. The van der Waals surface area contributed by atoms with Crippen LogP contribution in [0.3, 0.4) is 0 Å². The van der Waals surface area contributed by atoms with Gasteiger partial charge in [0.2, 0.25) is 0 Å². The third-order valence-corrected chi connectivity index (χ3v) is 4.99. The van der Waals surface area contributed by atoms with Gasteiger partial charge in [-0.05, 0) is 63.4 Å². The van der Waals surface area contributed by atoms with Gasteiger partial charge in [-0.1, -0.05) is 0 Å². The predicted octanol–water partition coefficient (Wildman–Crippen LogP) is 2.46. The monoisotopic (exact) mass is 341 g/mol. The summed E-state index contributed by atoms with van der Waals surface area (Å²) in [4.78, 5) is 17.1. The van der Waals surface area contributed by atoms with Crippen LogP contribution in [0, 0.1) is 5.92 Å². The van der Waals surface area contributed by atoms with Gasteiger partial charge < -0.3 is 9.80 Å². The molecule has 1 aliphatic rings. The van der Waals surface area contributed by atoms with Crippen molar-refractivity contribution in [3.05, 3.63) is 42.5 Å². The van der Waals surface area contributed by atoms with Crippen molar-refractivity contribution in [1.29, 1.82) is 0 Å². The summed E-state index contributed by atoms with van der Waals surface area (Å²) in [5, 5.41) is 7.60. The summed E-state index contributed by atoms with van der Waals surface area (Å²) < 4.78 is 1.82. The highest BCUT2D eigenvalue weighted by molar-refractivity contribution is 5.94. The van der Waals surface area contributed by atoms with Crippen molar-refractivity contribution in [3.8, 4) is 5.69 Å². The average molecular weight is 341 g/mol. The van der Waals surface area contributed by atoms with Gasteiger partial charge in [-0.2, -0.15) is 0 Å². The van der Waals surface area contributed by atoms with Crippen molar-refractivity contribution in [2.24, 2.45) is 5.92 Å². The SMILES string of the molecule is CC(C)N1CCC[C@@H](CN(C)C(=O)c2ccc(-n3cnnc3)cc2)C1. The van der Waals surface area contributed by atoms with Crippen LogP contribution in [0.2, 0.25) is 0 Å². The topological polar surface area (TPSA) is 54.3 Å². The maximum atomic E-state index is 12.7. The number of amides is 1. The molecule has 1 fully saturated rings. The molecule has 6 nitrogen and oxygen atoms in total. The van der Waals surface area contributed by atoms with Crippen LogP contribution in [-0.4, -0.2) is 63.2 Å². The smallest absolute Gasteiger partial charge is 0.253 e. The molecule has 0 radical (unpaired) electrons. The van der Waals surface area contributed by atoms with Gasteiger partial charge in [0.1, 0.15) is 12.7 Å². The fraction of sp³-hybridized carbons (Fsp3) is 0.526. The highest BCUT2D eigenvalue weighted by Gasteiger charge is 2.24. The third kappa shape index (κ3) is 4.25. The number of carbonyl (C=O) groups is 1. The summed E-state index contributed by atoms with van der Waals surface area (Å²) in [7, 11) is 1.91. The van der Waals surface area contributed by atoms with Crippen molar-refractivity contribution in [1.82, 2.24) is 24.6 Å². The molecule has 1 saturated heterocycles. The highest BCUT2D eigenvalue weighted by atomic mass is 16.2. The second kappa shape index (κ2) is 7.78. The molecule has 0 bridgehead atoms. The lowest BCUT2D eigenvalue weighted by atomic mass is 9.96. The first-order chi connectivity index (χ1) is 12.0. The minimum atomic E-state index is 0.0805. The molecule has 0 unspecified atom stereocenters. The molecule has 1 aromatic heterocycles. The summed E-state index contributed by atoms with van der Waals surface area (Å²) in [6.45, 7) is 7.57. The van der Waals surface area contributed by atoms with Gasteiger partial charge in [0.25, 0.3) is 5.91 Å². The average Bonchev–Trinajstić information content (AvgIpc) is 3.16. The molecule has 25 heavy (non-hydrogen) atoms. The molecule has 0 aliphatic carbocycles. The molecule has 1 atom stereocenters. The Bertz CT molecular complexity index is 680. The lowest BCUT2D eigenvalue weighted by molar-refractivity contribution is 0.0709. The van der Waals surface area contributed by atoms with Crippen LogP contribution in [0.25, 0.3) is 5.69 Å². The Morgan fingerprint density at radius 2 is 1.92 bits per heavy atom. The number of hydrogen-bond acceptors (Lipinski definition) is 4. The zero-order chi connectivity index (χ0) is 17.8. The van der Waals surface area contributed by atoms with Crippen molar-refractivity contribution < 1.29 is 4.79 Å². The molecule has 1 aromatic carbocycles. The largest absolute Gasteiger partial charge is 0.341 e. The second-order valence-corrected chi connectivity index (χ2v) is 7.20. The lowest BCUT2D eigenvalue weighted by Gasteiger charge is -2.37. The molecular weight excluding hydrogens is 314 g/mol. The van der Waals surface area contributed by atoms with Gasteiger partial charge >= 0.3 is 0 Å². The minimum Gasteiger partial charge on any atom is -0.341 e. The summed E-state index contributed by atoms with van der Waals surface area (Å²) in [5.41, 5.74) is 1.67. The maximum absolute atomic E-state index is 12.7. The van der Waals surface area contributed by atoms with E-state index < -0.39 is 0 Å². The zero-order valence-electron chi connectivity index (χ0n) is 15.3. The second-order valence-electron chi connectivity index (χ2n) is 7.20. The molecule has 3 rings (SSSR count). The number of benzene rings is 1. The number of carbonyl (C=O) groups excluding carboxylic acids is 1. The van der Waals surface area contributed by atoms with Crippen LogP contribution in [0.4, 0.5) is 0 Å². The van der Waals surface area contributed by atoms with E-state index in [1.54, 1.807) is 12.7 Å². The Morgan fingerprint density at radius 1 is 1.24 bits per heavy atom. The summed E-state index contributed by atoms with van der Waals surface area (Å²) in [6, 6.07) is 8.16. The van der Waals surface area contributed by atoms with Crippen LogP contribution in [-0.2, 0) is 0 Å². The molecule has 6 heteroatoms. The van der Waals surface area contributed by atoms with E-state index in [-0.39, 0.29) is 5.91 Å². The molecular formula is C19H27N5O. The molecule has 0 N–H and O–H groups in total. The molecule has 2 heterocycles. The summed E-state index contributed by atoms with van der Waals surface area (Å²) in [5.74, 6) is 0.637. The van der Waals surface area contributed by atoms with Gasteiger partial charge in [0.15, 0.2) is 0 Å². The first kappa shape index (κ1) is 17.6. The predicted molar refractivity (Wildman–Crippen MR) is 97.8 cm³/mol. The quantitative estimate of drug-likeness (QED) is 0.838. The molecule has 1 aliphatic heterocycles. The molecule has 134 valence electrons. The van der Waals surface area contributed by atoms with Crippen LogP contribution in [0.5, 0.6) is 0 Å². The Hall–Kier alpha value is -2.21. The molecule has 1 amide bonds. The van der Waals surface area contributed by atoms with Crippen LogP contribution >= 0.6 is 0 Å². The zero-order valence-corrected chi connectivity index (χ0v) is 15.3. The fourth-order valence-corrected chi connectivity index (χ4v) is 3.52. The van der Waals surface area contributed by atoms with Crippen molar-refractivity contribution in [2.75, 3.05) is 26.7 Å². The van der Waals surface area contributed by atoms with Gasteiger partial charge in [0, 0.05) is 37.4 Å². The summed E-state index contributed by atoms with van der Waals surface area (Å²) >= 11 is 0. The Labute approximate surface area is 149 Å². The molecule has 0 spiro atoms. The van der Waals surface area contributed by atoms with Crippen LogP contribution in [0.1, 0.15) is 37.0 Å². The highest BCUT2D eigenvalue weighted by Crippen LogP contribution is 2.20. The van der Waals surface area contributed by atoms with E-state index in [1.807, 2.05) is 40.8 Å². The van der Waals surface area contributed by atoms with Gasteiger partial charge in [0.05, 0.1) is 0 Å². The third-order valence-electron chi connectivity index (χ3n) is 4.99. The van der Waals surface area contributed by atoms with Gasteiger partial charge in [-0.25, -0.2) is 0 Å². The first-order valence-electron chi connectivity index (χ1n) is 8.99. The maximum Gasteiger partial charge on any atom is 0.253 e. The number of nitrogens with zero attached hydrogens (tertiary/aromatic N) is 5. The van der Waals surface area contributed by atoms with Crippen molar-refractivity contribution in [3.63, 3.8) is 0 Å². The van der Waals surface area contributed by atoms with E-state index >= 15 is 0 Å². The molecule has 0 saturated carbocycles. The molecule has 2 aromatic rings. The first-order valence-corrected chi connectivity index (χ1v) is 8.99. The van der Waals surface area contributed by atoms with E-state index in [1.165, 1.54) is 19.4 Å². The number of rotatable bonds is 5. The van der Waals surface area contributed by atoms with Crippen LogP contribution in [0.15, 0.2) is 36.9 Å². The van der Waals surface area contributed by atoms with Gasteiger partial charge in [-0.3, -0.25) is 9.36 Å². The Balaban J connectivity index is 1.60. The van der Waals surface area contributed by atoms with Crippen molar-refractivity contribution >= 4 is 5.91 Å². The van der Waals surface area contributed by atoms with Crippen LogP contribution < -0.4 is 0 Å². The number of likely N-dealkylation sites (tertiary alicyclic amines) is 1. The fourth-order valence-electron chi connectivity index (χ4n) is 3.52. The minimum absolute atomic E-state index is 0.0805. The van der Waals surface area contributed by atoms with E-state index in [4.69, 9.17) is 0 Å². The number of aromatic nitrogens is 3. The van der Waals surface area contributed by atoms with E-state index in [9.17, 15) is 4.79 Å². The Kier molecular flexibility index (Phi) is 5.48. The normalized spacial score (nSPS) is 18.5. The number of hydrogen-bond donors (Lipinski definition) is 0. The standard InChI is InChI=1S/C19H27N5O/c1-15(2)23-10-4-5-16(12-23)11-22(3)19(25)17-6-8-18(9-7-17)24-13-20-21-14-24/h6-9,13-16H,4-5,10-12H2,1-3H3/t16-/m0/s1. The summed E-state index contributed by atoms with van der Waals surface area (Å²) in [6.07, 6.45) is 5.71. The van der Waals surface area contributed by atoms with E-state index in [0.29, 0.717) is 12.0 Å². The lowest BCUT2D eigenvalue weighted by Crippen LogP contribution is -2.44. The van der Waals surface area contributed by atoms with E-state index in [2.05, 4.69) is 28.9 Å². The van der Waals surface area contributed by atoms with E-state index in [0.717, 1.165) is 24.3 Å². The van der Waals surface area contributed by atoms with Crippen molar-refractivity contribution in [2.45, 2.75) is 32.7 Å². The Morgan fingerprint density at radius 3 is 2.56 bits per heavy atom.